The summed E-state index contributed by atoms with van der Waals surface area (Å²) in [6.45, 7) is 1.38. The number of aromatic nitrogens is 2. The summed E-state index contributed by atoms with van der Waals surface area (Å²) in [5.74, 6) is -0.0783. The minimum absolute atomic E-state index is 0.00897. The lowest BCUT2D eigenvalue weighted by Crippen LogP contribution is -2.40. The summed E-state index contributed by atoms with van der Waals surface area (Å²) in [5, 5.41) is 0.148. The van der Waals surface area contributed by atoms with Crippen LogP contribution in [0.2, 0.25) is 0 Å². The molecule has 1 saturated carbocycles. The van der Waals surface area contributed by atoms with Crippen molar-refractivity contribution in [3.05, 3.63) is 39.0 Å². The van der Waals surface area contributed by atoms with Gasteiger partial charge in [0.15, 0.2) is 0 Å². The van der Waals surface area contributed by atoms with Crippen molar-refractivity contribution in [2.75, 3.05) is 13.1 Å². The molecule has 2 aromatic rings. The van der Waals surface area contributed by atoms with Crippen molar-refractivity contribution in [2.24, 2.45) is 7.05 Å². The molecule has 0 atom stereocenters. The van der Waals surface area contributed by atoms with Crippen LogP contribution < -0.4 is 16.0 Å². The Bertz CT molecular complexity index is 1250. The summed E-state index contributed by atoms with van der Waals surface area (Å²) < 4.78 is 31.2. The molecule has 0 bridgehead atoms. The topological polar surface area (TPSA) is 110 Å². The first-order valence-corrected chi connectivity index (χ1v) is 13.3. The fourth-order valence-electron chi connectivity index (χ4n) is 4.88. The molecule has 1 aromatic heterocycles. The van der Waals surface area contributed by atoms with Gasteiger partial charge in [-0.05, 0) is 43.9 Å². The Morgan fingerprint density at radius 1 is 1.03 bits per heavy atom. The van der Waals surface area contributed by atoms with E-state index in [1.165, 1.54) is 22.8 Å². The lowest BCUT2D eigenvalue weighted by atomic mass is 10.1. The number of amides is 1. The SMILES string of the molecule is Cn1c(=O)n(CCC(=O)N2CCCC2)c(=O)c2cc(S(=O)(=O)NC3CCCCCC3)ccc21. The minimum atomic E-state index is -3.80. The highest BCUT2D eigenvalue weighted by atomic mass is 32.2. The van der Waals surface area contributed by atoms with Gasteiger partial charge in [-0.25, -0.2) is 17.9 Å². The van der Waals surface area contributed by atoms with Gasteiger partial charge in [0.1, 0.15) is 0 Å². The first-order valence-electron chi connectivity index (χ1n) is 11.8. The Morgan fingerprint density at radius 2 is 1.70 bits per heavy atom. The Balaban J connectivity index is 1.64. The predicted molar refractivity (Wildman–Crippen MR) is 126 cm³/mol. The fourth-order valence-corrected chi connectivity index (χ4v) is 6.21. The number of likely N-dealkylation sites (tertiary alicyclic amines) is 1. The maximum absolute atomic E-state index is 13.2. The Morgan fingerprint density at radius 3 is 2.36 bits per heavy atom. The molecule has 4 rings (SSSR count). The largest absolute Gasteiger partial charge is 0.343 e. The highest BCUT2D eigenvalue weighted by Gasteiger charge is 2.23. The van der Waals surface area contributed by atoms with E-state index < -0.39 is 21.3 Å². The highest BCUT2D eigenvalue weighted by Crippen LogP contribution is 2.21. The Labute approximate surface area is 193 Å². The molecule has 1 aromatic carbocycles. The van der Waals surface area contributed by atoms with E-state index in [1.807, 2.05) is 0 Å². The van der Waals surface area contributed by atoms with Crippen molar-refractivity contribution in [1.29, 1.82) is 0 Å². The molecule has 10 heteroatoms. The molecule has 1 saturated heterocycles. The highest BCUT2D eigenvalue weighted by molar-refractivity contribution is 7.89. The number of fused-ring (bicyclic) bond motifs is 1. The van der Waals surface area contributed by atoms with E-state index in [4.69, 9.17) is 0 Å². The van der Waals surface area contributed by atoms with Crippen LogP contribution in [0.4, 0.5) is 0 Å². The zero-order valence-electron chi connectivity index (χ0n) is 19.1. The molecule has 33 heavy (non-hydrogen) atoms. The van der Waals surface area contributed by atoms with Gasteiger partial charge in [-0.1, -0.05) is 25.7 Å². The number of sulfonamides is 1. The van der Waals surface area contributed by atoms with Gasteiger partial charge in [-0.2, -0.15) is 0 Å². The lowest BCUT2D eigenvalue weighted by Gasteiger charge is -2.17. The van der Waals surface area contributed by atoms with Crippen LogP contribution in [0.5, 0.6) is 0 Å². The fraction of sp³-hybridized carbons (Fsp3) is 0.609. The van der Waals surface area contributed by atoms with Crippen molar-refractivity contribution >= 4 is 26.8 Å². The molecule has 2 heterocycles. The molecule has 2 aliphatic rings. The number of benzene rings is 1. The Hall–Kier alpha value is -2.46. The number of aryl methyl sites for hydroxylation is 1. The quantitative estimate of drug-likeness (QED) is 0.638. The maximum atomic E-state index is 13.2. The van der Waals surface area contributed by atoms with Gasteiger partial charge >= 0.3 is 5.69 Å². The number of nitrogens with one attached hydrogen (secondary N) is 1. The van der Waals surface area contributed by atoms with Crippen LogP contribution in [-0.2, 0) is 28.4 Å². The van der Waals surface area contributed by atoms with E-state index >= 15 is 0 Å². The average Bonchev–Trinajstić information content (AvgIpc) is 3.23. The summed E-state index contributed by atoms with van der Waals surface area (Å²) in [6, 6.07) is 4.16. The van der Waals surface area contributed by atoms with Gasteiger partial charge in [-0.3, -0.25) is 18.7 Å². The number of nitrogens with zero attached hydrogens (tertiary/aromatic N) is 3. The molecule has 9 nitrogen and oxygen atoms in total. The molecule has 2 fully saturated rings. The van der Waals surface area contributed by atoms with Gasteiger partial charge in [0, 0.05) is 39.1 Å². The van der Waals surface area contributed by atoms with E-state index in [-0.39, 0.29) is 35.2 Å². The molecule has 0 unspecified atom stereocenters. The normalized spacial score (nSPS) is 18.0. The van der Waals surface area contributed by atoms with Crippen LogP contribution in [0.3, 0.4) is 0 Å². The minimum Gasteiger partial charge on any atom is -0.343 e. The molecule has 1 N–H and O–H groups in total. The second-order valence-electron chi connectivity index (χ2n) is 9.13. The zero-order valence-corrected chi connectivity index (χ0v) is 19.9. The Kier molecular flexibility index (Phi) is 7.04. The van der Waals surface area contributed by atoms with Crippen LogP contribution in [0, 0.1) is 0 Å². The standard InChI is InChI=1S/C23H32N4O5S/c1-25-20-11-10-18(33(31,32)24-17-8-4-2-3-5-9-17)16-19(20)22(29)27(23(25)30)15-12-21(28)26-13-6-7-14-26/h10-11,16-17,24H,2-9,12-15H2,1H3. The van der Waals surface area contributed by atoms with Gasteiger partial charge < -0.3 is 4.90 Å². The zero-order chi connectivity index (χ0) is 23.6. The number of carbonyl (C=O) groups excluding carboxylic acids is 1. The smallest absolute Gasteiger partial charge is 0.331 e. The second kappa shape index (κ2) is 9.80. The molecule has 180 valence electrons. The van der Waals surface area contributed by atoms with Crippen LogP contribution in [0.15, 0.2) is 32.7 Å². The first-order chi connectivity index (χ1) is 15.8. The average molecular weight is 477 g/mol. The van der Waals surface area contributed by atoms with Gasteiger partial charge in [0.2, 0.25) is 15.9 Å². The molecular formula is C23H32N4O5S. The van der Waals surface area contributed by atoms with E-state index in [2.05, 4.69) is 4.72 Å². The van der Waals surface area contributed by atoms with Crippen molar-refractivity contribution in [1.82, 2.24) is 18.8 Å². The third-order valence-corrected chi connectivity index (χ3v) is 8.34. The van der Waals surface area contributed by atoms with Crippen molar-refractivity contribution < 1.29 is 13.2 Å². The molecular weight excluding hydrogens is 444 g/mol. The summed E-state index contributed by atoms with van der Waals surface area (Å²) in [5.41, 5.74) is -0.733. The summed E-state index contributed by atoms with van der Waals surface area (Å²) in [6.07, 6.45) is 7.82. The van der Waals surface area contributed by atoms with Crippen molar-refractivity contribution in [3.63, 3.8) is 0 Å². The third-order valence-electron chi connectivity index (χ3n) is 6.82. The van der Waals surface area contributed by atoms with Gasteiger partial charge in [0.25, 0.3) is 5.56 Å². The van der Waals surface area contributed by atoms with E-state index in [9.17, 15) is 22.8 Å². The molecule has 0 radical (unpaired) electrons. The number of rotatable bonds is 6. The van der Waals surface area contributed by atoms with E-state index in [0.717, 1.165) is 55.9 Å². The first kappa shape index (κ1) is 23.7. The number of hydrogen-bond donors (Lipinski definition) is 1. The summed E-state index contributed by atoms with van der Waals surface area (Å²) in [7, 11) is -2.26. The van der Waals surface area contributed by atoms with Gasteiger partial charge in [0.05, 0.1) is 15.8 Å². The monoisotopic (exact) mass is 476 g/mol. The molecule has 1 aliphatic heterocycles. The third kappa shape index (κ3) is 5.06. The summed E-state index contributed by atoms with van der Waals surface area (Å²) >= 11 is 0. The lowest BCUT2D eigenvalue weighted by molar-refractivity contribution is -0.130. The van der Waals surface area contributed by atoms with Gasteiger partial charge in [-0.15, -0.1) is 0 Å². The van der Waals surface area contributed by atoms with Crippen LogP contribution >= 0.6 is 0 Å². The van der Waals surface area contributed by atoms with Crippen LogP contribution in [0.25, 0.3) is 10.9 Å². The van der Waals surface area contributed by atoms with Crippen molar-refractivity contribution in [2.45, 2.75) is 75.3 Å². The number of carbonyl (C=O) groups is 1. The second-order valence-corrected chi connectivity index (χ2v) is 10.8. The molecule has 0 spiro atoms. The van der Waals surface area contributed by atoms with E-state index in [1.54, 1.807) is 11.9 Å². The van der Waals surface area contributed by atoms with Crippen LogP contribution in [-0.4, -0.2) is 47.5 Å². The van der Waals surface area contributed by atoms with Crippen LogP contribution in [0.1, 0.15) is 57.8 Å². The number of hydrogen-bond acceptors (Lipinski definition) is 5. The van der Waals surface area contributed by atoms with Crippen molar-refractivity contribution in [3.8, 4) is 0 Å². The molecule has 1 amide bonds. The predicted octanol–water partition coefficient (Wildman–Crippen LogP) is 1.71. The summed E-state index contributed by atoms with van der Waals surface area (Å²) in [4.78, 5) is 40.1. The molecule has 1 aliphatic carbocycles. The maximum Gasteiger partial charge on any atom is 0.331 e. The van der Waals surface area contributed by atoms with E-state index in [0.29, 0.717) is 18.6 Å².